The molecule has 0 spiro atoms. The Balaban J connectivity index is 1.81. The van der Waals surface area contributed by atoms with E-state index < -0.39 is 0 Å². The van der Waals surface area contributed by atoms with Crippen molar-refractivity contribution in [1.82, 2.24) is 14.7 Å². The summed E-state index contributed by atoms with van der Waals surface area (Å²) >= 11 is 0. The third-order valence-electron chi connectivity index (χ3n) is 3.14. The Morgan fingerprint density at radius 3 is 2.84 bits per heavy atom. The smallest absolute Gasteiger partial charge is 0.134 e. The van der Waals surface area contributed by atoms with Crippen LogP contribution in [0.5, 0.6) is 5.75 Å². The van der Waals surface area contributed by atoms with Gasteiger partial charge in [-0.15, -0.1) is 0 Å². The van der Waals surface area contributed by atoms with Gasteiger partial charge in [0.05, 0.1) is 11.0 Å². The molecule has 3 rings (SSSR count). The van der Waals surface area contributed by atoms with Crippen LogP contribution < -0.4 is 4.74 Å². The van der Waals surface area contributed by atoms with Crippen LogP contribution in [0.25, 0.3) is 11.0 Å². The molecule has 2 heterocycles. The molecule has 0 fully saturated rings. The van der Waals surface area contributed by atoms with Crippen molar-refractivity contribution in [3.8, 4) is 5.75 Å². The number of nitrogens with zero attached hydrogens (tertiary/aromatic N) is 3. The van der Waals surface area contributed by atoms with E-state index in [2.05, 4.69) is 14.7 Å². The number of ether oxygens (including phenoxy) is 1. The standard InChI is InChI=1S/C14H15N3O2/c1-9-6-11(16-19-9)8-18-12-4-5-14-13(7-12)15-10(2)17(14)3/h4-7H,8H2,1-3H3. The molecule has 0 radical (unpaired) electrons. The average Bonchev–Trinajstić information content (AvgIpc) is 2.92. The van der Waals surface area contributed by atoms with E-state index in [9.17, 15) is 0 Å². The molecular formula is C14H15N3O2. The number of hydrogen-bond donors (Lipinski definition) is 0. The van der Waals surface area contributed by atoms with Gasteiger partial charge in [0.25, 0.3) is 0 Å². The van der Waals surface area contributed by atoms with Gasteiger partial charge in [-0.3, -0.25) is 0 Å². The summed E-state index contributed by atoms with van der Waals surface area (Å²) in [5.41, 5.74) is 2.82. The maximum atomic E-state index is 5.69. The molecule has 0 unspecified atom stereocenters. The van der Waals surface area contributed by atoms with Crippen molar-refractivity contribution in [2.75, 3.05) is 0 Å². The lowest BCUT2D eigenvalue weighted by molar-refractivity contribution is 0.288. The number of benzene rings is 1. The fraction of sp³-hybridized carbons (Fsp3) is 0.286. The third-order valence-corrected chi connectivity index (χ3v) is 3.14. The zero-order valence-electron chi connectivity index (χ0n) is 11.2. The molecule has 19 heavy (non-hydrogen) atoms. The molecule has 3 aromatic rings. The predicted octanol–water partition coefficient (Wildman–Crippen LogP) is 2.76. The lowest BCUT2D eigenvalue weighted by Crippen LogP contribution is -1.95. The number of rotatable bonds is 3. The van der Waals surface area contributed by atoms with E-state index in [1.807, 2.05) is 45.2 Å². The summed E-state index contributed by atoms with van der Waals surface area (Å²) < 4.78 is 12.7. The second-order valence-electron chi connectivity index (χ2n) is 4.59. The molecule has 0 aliphatic carbocycles. The molecule has 0 saturated heterocycles. The SMILES string of the molecule is Cc1cc(COc2ccc3c(c2)nc(C)n3C)no1. The Kier molecular flexibility index (Phi) is 2.74. The van der Waals surface area contributed by atoms with Crippen LogP contribution >= 0.6 is 0 Å². The number of aryl methyl sites for hydroxylation is 3. The number of fused-ring (bicyclic) bond motifs is 1. The number of hydrogen-bond acceptors (Lipinski definition) is 4. The van der Waals surface area contributed by atoms with Crippen LogP contribution in [-0.2, 0) is 13.7 Å². The molecule has 98 valence electrons. The van der Waals surface area contributed by atoms with Crippen molar-refractivity contribution in [3.63, 3.8) is 0 Å². The largest absolute Gasteiger partial charge is 0.487 e. The highest BCUT2D eigenvalue weighted by molar-refractivity contribution is 5.77. The van der Waals surface area contributed by atoms with Crippen LogP contribution in [0.3, 0.4) is 0 Å². The van der Waals surface area contributed by atoms with Crippen LogP contribution in [-0.4, -0.2) is 14.7 Å². The summed E-state index contributed by atoms with van der Waals surface area (Å²) in [6, 6.07) is 7.76. The molecule has 0 amide bonds. The average molecular weight is 257 g/mol. The van der Waals surface area contributed by atoms with Gasteiger partial charge in [-0.25, -0.2) is 4.98 Å². The van der Waals surface area contributed by atoms with Gasteiger partial charge in [0.1, 0.15) is 29.6 Å². The first-order chi connectivity index (χ1) is 9.13. The molecule has 0 atom stereocenters. The van der Waals surface area contributed by atoms with Gasteiger partial charge in [-0.2, -0.15) is 0 Å². The molecule has 2 aromatic heterocycles. The fourth-order valence-electron chi connectivity index (χ4n) is 2.03. The van der Waals surface area contributed by atoms with E-state index in [1.54, 1.807) is 0 Å². The maximum absolute atomic E-state index is 5.69. The minimum atomic E-state index is 0.397. The fourth-order valence-corrected chi connectivity index (χ4v) is 2.03. The first-order valence-corrected chi connectivity index (χ1v) is 6.11. The van der Waals surface area contributed by atoms with Crippen molar-refractivity contribution >= 4 is 11.0 Å². The highest BCUT2D eigenvalue weighted by Gasteiger charge is 2.06. The van der Waals surface area contributed by atoms with Crippen LogP contribution in [0.15, 0.2) is 28.8 Å². The van der Waals surface area contributed by atoms with Crippen LogP contribution in [0.1, 0.15) is 17.3 Å². The van der Waals surface area contributed by atoms with E-state index in [-0.39, 0.29) is 0 Å². The predicted molar refractivity (Wildman–Crippen MR) is 71.0 cm³/mol. The summed E-state index contributed by atoms with van der Waals surface area (Å²) in [6.07, 6.45) is 0. The van der Waals surface area contributed by atoms with Crippen molar-refractivity contribution < 1.29 is 9.26 Å². The van der Waals surface area contributed by atoms with Crippen molar-refractivity contribution in [1.29, 1.82) is 0 Å². The molecule has 0 bridgehead atoms. The summed E-state index contributed by atoms with van der Waals surface area (Å²) in [5.74, 6) is 2.56. The molecule has 0 aliphatic rings. The lowest BCUT2D eigenvalue weighted by Gasteiger charge is -2.03. The summed E-state index contributed by atoms with van der Waals surface area (Å²) in [7, 11) is 2.00. The monoisotopic (exact) mass is 257 g/mol. The molecule has 5 nitrogen and oxygen atoms in total. The first kappa shape index (κ1) is 11.8. The Morgan fingerprint density at radius 2 is 2.11 bits per heavy atom. The van der Waals surface area contributed by atoms with Gasteiger partial charge in [-0.1, -0.05) is 5.16 Å². The zero-order chi connectivity index (χ0) is 13.4. The molecular weight excluding hydrogens is 242 g/mol. The van der Waals surface area contributed by atoms with Gasteiger partial charge in [-0.05, 0) is 26.0 Å². The van der Waals surface area contributed by atoms with Crippen molar-refractivity contribution in [2.45, 2.75) is 20.5 Å². The Bertz CT molecular complexity index is 727. The lowest BCUT2D eigenvalue weighted by atomic mass is 10.3. The maximum Gasteiger partial charge on any atom is 0.134 e. The molecule has 0 saturated carbocycles. The highest BCUT2D eigenvalue weighted by atomic mass is 16.5. The number of aromatic nitrogens is 3. The first-order valence-electron chi connectivity index (χ1n) is 6.11. The van der Waals surface area contributed by atoms with E-state index in [1.165, 1.54) is 0 Å². The number of imidazole rings is 1. The van der Waals surface area contributed by atoms with Crippen LogP contribution in [0, 0.1) is 13.8 Å². The summed E-state index contributed by atoms with van der Waals surface area (Å²) in [5, 5.41) is 3.89. The zero-order valence-corrected chi connectivity index (χ0v) is 11.2. The normalized spacial score (nSPS) is 11.1. The van der Waals surface area contributed by atoms with E-state index in [4.69, 9.17) is 9.26 Å². The minimum Gasteiger partial charge on any atom is -0.487 e. The molecule has 0 N–H and O–H groups in total. The summed E-state index contributed by atoms with van der Waals surface area (Å²) in [4.78, 5) is 4.48. The Hall–Kier alpha value is -2.30. The Morgan fingerprint density at radius 1 is 1.26 bits per heavy atom. The van der Waals surface area contributed by atoms with Gasteiger partial charge in [0, 0.05) is 19.2 Å². The molecule has 5 heteroatoms. The van der Waals surface area contributed by atoms with Gasteiger partial charge < -0.3 is 13.8 Å². The highest BCUT2D eigenvalue weighted by Crippen LogP contribution is 2.21. The topological polar surface area (TPSA) is 53.1 Å². The van der Waals surface area contributed by atoms with Crippen LogP contribution in [0.2, 0.25) is 0 Å². The third kappa shape index (κ3) is 2.19. The van der Waals surface area contributed by atoms with E-state index in [0.29, 0.717) is 6.61 Å². The second-order valence-corrected chi connectivity index (χ2v) is 4.59. The quantitative estimate of drug-likeness (QED) is 0.724. The summed E-state index contributed by atoms with van der Waals surface area (Å²) in [6.45, 7) is 4.24. The molecule has 0 aliphatic heterocycles. The second kappa shape index (κ2) is 4.42. The van der Waals surface area contributed by atoms with Gasteiger partial charge in [0.2, 0.25) is 0 Å². The minimum absolute atomic E-state index is 0.397. The van der Waals surface area contributed by atoms with E-state index >= 15 is 0 Å². The van der Waals surface area contributed by atoms with Crippen molar-refractivity contribution in [2.24, 2.45) is 7.05 Å². The Labute approximate surface area is 110 Å². The van der Waals surface area contributed by atoms with Gasteiger partial charge >= 0.3 is 0 Å². The molecule has 1 aromatic carbocycles. The van der Waals surface area contributed by atoms with Crippen molar-refractivity contribution in [3.05, 3.63) is 41.5 Å². The van der Waals surface area contributed by atoms with Crippen LogP contribution in [0.4, 0.5) is 0 Å². The van der Waals surface area contributed by atoms with Gasteiger partial charge in [0.15, 0.2) is 0 Å². The van der Waals surface area contributed by atoms with E-state index in [0.717, 1.165) is 34.1 Å².